The summed E-state index contributed by atoms with van der Waals surface area (Å²) in [6.07, 6.45) is 5.00. The molecule has 0 N–H and O–H groups in total. The highest BCUT2D eigenvalue weighted by molar-refractivity contribution is 7.59. The van der Waals surface area contributed by atoms with Crippen LogP contribution in [0.3, 0.4) is 0 Å². The van der Waals surface area contributed by atoms with Crippen molar-refractivity contribution in [2.24, 2.45) is 0 Å². The van der Waals surface area contributed by atoms with Gasteiger partial charge in [-0.05, 0) is 0 Å². The van der Waals surface area contributed by atoms with Crippen LogP contribution in [0.25, 0.3) is 0 Å². The van der Waals surface area contributed by atoms with E-state index in [-0.39, 0.29) is 27.0 Å². The summed E-state index contributed by atoms with van der Waals surface area (Å²) in [7, 11) is 0. The first-order valence-corrected chi connectivity index (χ1v) is 5.66. The summed E-state index contributed by atoms with van der Waals surface area (Å²) in [4.78, 5) is 0. The van der Waals surface area contributed by atoms with Crippen LogP contribution in [0.15, 0.2) is 0 Å². The highest BCUT2D eigenvalue weighted by atomic mass is 32.1. The van der Waals surface area contributed by atoms with E-state index in [0.29, 0.717) is 0 Å². The molecule has 0 unspecified atom stereocenters. The van der Waals surface area contributed by atoms with Crippen LogP contribution in [0.4, 0.5) is 0 Å². The van der Waals surface area contributed by atoms with Crippen LogP contribution in [0, 0.1) is 0 Å². The maximum Gasteiger partial charge on any atom is -0.0590 e. The molecule has 0 saturated heterocycles. The van der Waals surface area contributed by atoms with Gasteiger partial charge in [0.2, 0.25) is 0 Å². The van der Waals surface area contributed by atoms with E-state index in [4.69, 9.17) is 0 Å². The van der Waals surface area contributed by atoms with Gasteiger partial charge in [0.15, 0.2) is 0 Å². The first-order chi connectivity index (χ1) is 5.66. The number of hydrogen-bond acceptors (Lipinski definition) is 0. The van der Waals surface area contributed by atoms with Crippen LogP contribution in [0.1, 0.15) is 81.1 Å². The van der Waals surface area contributed by atoms with Crippen molar-refractivity contribution in [1.29, 1.82) is 0 Å². The fourth-order valence-corrected chi connectivity index (χ4v) is 0. The molecule has 0 spiro atoms. The third kappa shape index (κ3) is 3550. The summed E-state index contributed by atoms with van der Waals surface area (Å²) < 4.78 is 0. The standard InChI is InChI=1S/4C3H8.2H2S/c4*1-3-2;;/h4*3H2,1-2H3;2*1H2. The Bertz CT molecular complexity index is 16.3. The third-order valence-corrected chi connectivity index (χ3v) is 0. The molecular weight excluding hydrogens is 208 g/mol. The Labute approximate surface area is 108 Å². The molecule has 0 saturated carbocycles. The van der Waals surface area contributed by atoms with Crippen LogP contribution in [-0.4, -0.2) is 0 Å². The van der Waals surface area contributed by atoms with E-state index in [1.165, 1.54) is 25.7 Å². The Balaban J connectivity index is -0.0000000145. The molecule has 14 heavy (non-hydrogen) atoms. The van der Waals surface area contributed by atoms with E-state index in [9.17, 15) is 0 Å². The smallest absolute Gasteiger partial charge is 0.0590 e. The van der Waals surface area contributed by atoms with Crippen molar-refractivity contribution in [2.75, 3.05) is 0 Å². The van der Waals surface area contributed by atoms with Gasteiger partial charge in [-0.3, -0.25) is 0 Å². The van der Waals surface area contributed by atoms with E-state index >= 15 is 0 Å². The van der Waals surface area contributed by atoms with Crippen LogP contribution in [0.2, 0.25) is 0 Å². The minimum Gasteiger partial charge on any atom is -0.197 e. The van der Waals surface area contributed by atoms with Crippen LogP contribution in [0.5, 0.6) is 0 Å². The Morgan fingerprint density at radius 1 is 0.357 bits per heavy atom. The molecule has 0 amide bonds. The fraction of sp³-hybridized carbons (Fsp3) is 1.00. The van der Waals surface area contributed by atoms with Crippen molar-refractivity contribution >= 4 is 27.0 Å². The van der Waals surface area contributed by atoms with Crippen LogP contribution >= 0.6 is 27.0 Å². The molecule has 0 radical (unpaired) electrons. The van der Waals surface area contributed by atoms with Crippen LogP contribution in [-0.2, 0) is 0 Å². The summed E-state index contributed by atoms with van der Waals surface area (Å²) in [6.45, 7) is 17.0. The van der Waals surface area contributed by atoms with Gasteiger partial charge in [0, 0.05) is 0 Å². The zero-order chi connectivity index (χ0) is 10.8. The molecular formula is C12H36S2. The van der Waals surface area contributed by atoms with Gasteiger partial charge in [-0.15, -0.1) is 0 Å². The van der Waals surface area contributed by atoms with Crippen molar-refractivity contribution in [2.45, 2.75) is 81.1 Å². The monoisotopic (exact) mass is 244 g/mol. The predicted molar refractivity (Wildman–Crippen MR) is 84.6 cm³/mol. The zero-order valence-corrected chi connectivity index (χ0v) is 13.8. The lowest BCUT2D eigenvalue weighted by Crippen LogP contribution is -1.27. The maximum atomic E-state index is 2.12. The molecule has 0 bridgehead atoms. The minimum absolute atomic E-state index is 0. The van der Waals surface area contributed by atoms with E-state index in [2.05, 4.69) is 55.4 Å². The molecule has 0 fully saturated rings. The third-order valence-electron chi connectivity index (χ3n) is 0. The summed E-state index contributed by atoms with van der Waals surface area (Å²) >= 11 is 0. The molecule has 0 atom stereocenters. The van der Waals surface area contributed by atoms with Gasteiger partial charge in [-0.25, -0.2) is 0 Å². The van der Waals surface area contributed by atoms with Crippen molar-refractivity contribution in [3.63, 3.8) is 0 Å². The number of hydrogen-bond donors (Lipinski definition) is 0. The lowest BCUT2D eigenvalue weighted by atomic mass is 10.6. The van der Waals surface area contributed by atoms with Crippen molar-refractivity contribution in [1.82, 2.24) is 0 Å². The first kappa shape index (κ1) is 36.5. The van der Waals surface area contributed by atoms with Gasteiger partial charge < -0.3 is 0 Å². The normalized spacial score (nSPS) is 5.14. The summed E-state index contributed by atoms with van der Waals surface area (Å²) in [5.74, 6) is 0. The highest BCUT2D eigenvalue weighted by Crippen LogP contribution is 1.57. The van der Waals surface area contributed by atoms with Gasteiger partial charge in [-0.1, -0.05) is 81.1 Å². The van der Waals surface area contributed by atoms with Crippen molar-refractivity contribution in [3.05, 3.63) is 0 Å². The van der Waals surface area contributed by atoms with Crippen molar-refractivity contribution in [3.8, 4) is 0 Å². The maximum absolute atomic E-state index is 2.12. The van der Waals surface area contributed by atoms with E-state index in [0.717, 1.165) is 0 Å². The van der Waals surface area contributed by atoms with E-state index < -0.39 is 0 Å². The molecule has 0 nitrogen and oxygen atoms in total. The van der Waals surface area contributed by atoms with E-state index in [1.807, 2.05) is 0 Å². The second kappa shape index (κ2) is 100. The summed E-state index contributed by atoms with van der Waals surface area (Å²) in [6, 6.07) is 0. The molecule has 0 rings (SSSR count). The lowest BCUT2D eigenvalue weighted by Gasteiger charge is -1.48. The molecule has 0 aromatic heterocycles. The summed E-state index contributed by atoms with van der Waals surface area (Å²) in [5, 5.41) is 0. The van der Waals surface area contributed by atoms with Crippen LogP contribution < -0.4 is 0 Å². The molecule has 0 aliphatic heterocycles. The molecule has 0 aromatic rings. The van der Waals surface area contributed by atoms with Gasteiger partial charge in [0.25, 0.3) is 0 Å². The molecule has 2 heteroatoms. The zero-order valence-electron chi connectivity index (χ0n) is 11.8. The van der Waals surface area contributed by atoms with Gasteiger partial charge in [0.1, 0.15) is 0 Å². The SMILES string of the molecule is CCC.CCC.CCC.CCC.S.S. The minimum atomic E-state index is 0. The average molecular weight is 245 g/mol. The molecule has 0 heterocycles. The second-order valence-corrected chi connectivity index (χ2v) is 2.83. The molecule has 0 aliphatic carbocycles. The quantitative estimate of drug-likeness (QED) is 0.498. The fourth-order valence-electron chi connectivity index (χ4n) is 0. The molecule has 96 valence electrons. The predicted octanol–water partition coefficient (Wildman–Crippen LogP) is 5.89. The molecule has 0 aliphatic rings. The number of rotatable bonds is 0. The van der Waals surface area contributed by atoms with Crippen molar-refractivity contribution < 1.29 is 0 Å². The Morgan fingerprint density at radius 3 is 0.357 bits per heavy atom. The highest BCUT2D eigenvalue weighted by Gasteiger charge is 1.36. The topological polar surface area (TPSA) is 0 Å². The average Bonchev–Trinajstić information content (AvgIpc) is 1.92. The first-order valence-electron chi connectivity index (χ1n) is 5.66. The lowest BCUT2D eigenvalue weighted by molar-refractivity contribution is 1.09. The van der Waals surface area contributed by atoms with Gasteiger partial charge >= 0.3 is 0 Å². The Hall–Kier alpha value is 0.700. The summed E-state index contributed by atoms with van der Waals surface area (Å²) in [5.41, 5.74) is 0. The van der Waals surface area contributed by atoms with Gasteiger partial charge in [0.05, 0.1) is 0 Å². The largest absolute Gasteiger partial charge is 0.197 e. The van der Waals surface area contributed by atoms with Gasteiger partial charge in [-0.2, -0.15) is 27.0 Å². The molecule has 0 aromatic carbocycles. The Morgan fingerprint density at radius 2 is 0.357 bits per heavy atom. The second-order valence-electron chi connectivity index (χ2n) is 2.83. The Kier molecular flexibility index (Phi) is 260. The van der Waals surface area contributed by atoms with E-state index in [1.54, 1.807) is 0 Å².